The van der Waals surface area contributed by atoms with Crippen LogP contribution in [0.4, 0.5) is 4.79 Å². The van der Waals surface area contributed by atoms with Gasteiger partial charge in [-0.15, -0.1) is 0 Å². The zero-order chi connectivity index (χ0) is 13.2. The molecule has 1 aliphatic carbocycles. The van der Waals surface area contributed by atoms with Crippen molar-refractivity contribution in [1.29, 1.82) is 0 Å². The molecule has 5 nitrogen and oxygen atoms in total. The third kappa shape index (κ3) is 2.87. The molecule has 0 aromatic rings. The summed E-state index contributed by atoms with van der Waals surface area (Å²) in [6, 6.07) is 0.717. The second kappa shape index (κ2) is 5.67. The van der Waals surface area contributed by atoms with E-state index in [2.05, 4.69) is 5.32 Å². The lowest BCUT2D eigenvalue weighted by molar-refractivity contribution is 0.0542. The molecule has 1 saturated carbocycles. The first kappa shape index (κ1) is 13.2. The lowest BCUT2D eigenvalue weighted by Gasteiger charge is -2.33. The van der Waals surface area contributed by atoms with E-state index in [9.17, 15) is 9.90 Å². The third-order valence-electron chi connectivity index (χ3n) is 4.91. The number of urea groups is 1. The van der Waals surface area contributed by atoms with Gasteiger partial charge in [-0.2, -0.15) is 0 Å². The number of rotatable bonds is 2. The van der Waals surface area contributed by atoms with Crippen LogP contribution in [0.25, 0.3) is 0 Å². The van der Waals surface area contributed by atoms with Crippen LogP contribution in [0, 0.1) is 5.92 Å². The number of hydrogen-bond acceptors (Lipinski definition) is 3. The molecule has 0 aromatic heterocycles. The fourth-order valence-electron chi connectivity index (χ4n) is 3.65. The molecule has 3 aliphatic rings. The number of nitrogens with zero attached hydrogens (tertiary/aromatic N) is 1. The summed E-state index contributed by atoms with van der Waals surface area (Å²) in [6.07, 6.45) is 5.49. The van der Waals surface area contributed by atoms with Crippen molar-refractivity contribution in [2.24, 2.45) is 5.92 Å². The van der Waals surface area contributed by atoms with Gasteiger partial charge in [0.1, 0.15) is 0 Å². The predicted octanol–water partition coefficient (Wildman–Crippen LogP) is 1.11. The van der Waals surface area contributed by atoms with Crippen molar-refractivity contribution in [2.45, 2.75) is 56.7 Å². The lowest BCUT2D eigenvalue weighted by atomic mass is 9.90. The van der Waals surface area contributed by atoms with Gasteiger partial charge in [0.05, 0.1) is 12.1 Å². The largest absolute Gasteiger partial charge is 0.393 e. The Kier molecular flexibility index (Phi) is 3.93. The standard InChI is InChI=1S/C14H24N2O3/c17-12-3-1-11(2-4-12)16-9-13(15-14(16)18)10-5-7-19-8-6-10/h10-13,17H,1-9H2,(H,15,18). The minimum absolute atomic E-state index is 0.0953. The van der Waals surface area contributed by atoms with Crippen molar-refractivity contribution in [3.05, 3.63) is 0 Å². The summed E-state index contributed by atoms with van der Waals surface area (Å²) in [5.74, 6) is 0.567. The predicted molar refractivity (Wildman–Crippen MR) is 70.8 cm³/mol. The Morgan fingerprint density at radius 1 is 1.11 bits per heavy atom. The molecule has 5 heteroatoms. The molecule has 3 fully saturated rings. The van der Waals surface area contributed by atoms with Crippen molar-refractivity contribution in [3.63, 3.8) is 0 Å². The van der Waals surface area contributed by atoms with Gasteiger partial charge in [0.25, 0.3) is 0 Å². The Morgan fingerprint density at radius 3 is 2.47 bits per heavy atom. The number of amides is 2. The maximum Gasteiger partial charge on any atom is 0.318 e. The van der Waals surface area contributed by atoms with Crippen LogP contribution in [0.1, 0.15) is 38.5 Å². The molecular formula is C14H24N2O3. The highest BCUT2D eigenvalue weighted by Gasteiger charge is 2.38. The summed E-state index contributed by atoms with van der Waals surface area (Å²) in [5, 5.41) is 12.7. The maximum absolute atomic E-state index is 12.1. The van der Waals surface area contributed by atoms with Gasteiger partial charge in [-0.1, -0.05) is 0 Å². The third-order valence-corrected chi connectivity index (χ3v) is 4.91. The van der Waals surface area contributed by atoms with E-state index >= 15 is 0 Å². The molecule has 2 saturated heterocycles. The molecule has 2 aliphatic heterocycles. The van der Waals surface area contributed by atoms with Crippen LogP contribution in [0.15, 0.2) is 0 Å². The van der Waals surface area contributed by atoms with Gasteiger partial charge in [0, 0.05) is 25.8 Å². The molecule has 0 bridgehead atoms. The van der Waals surface area contributed by atoms with Gasteiger partial charge in [-0.3, -0.25) is 0 Å². The van der Waals surface area contributed by atoms with Crippen molar-refractivity contribution in [2.75, 3.05) is 19.8 Å². The van der Waals surface area contributed by atoms with Crippen LogP contribution in [0.2, 0.25) is 0 Å². The van der Waals surface area contributed by atoms with E-state index in [0.29, 0.717) is 18.0 Å². The first-order valence-electron chi connectivity index (χ1n) is 7.57. The van der Waals surface area contributed by atoms with Crippen LogP contribution >= 0.6 is 0 Å². The highest BCUT2D eigenvalue weighted by Crippen LogP contribution is 2.28. The van der Waals surface area contributed by atoms with Crippen molar-refractivity contribution < 1.29 is 14.6 Å². The lowest BCUT2D eigenvalue weighted by Crippen LogP contribution is -2.41. The van der Waals surface area contributed by atoms with Crippen LogP contribution in [-0.4, -0.2) is 54.0 Å². The summed E-state index contributed by atoms with van der Waals surface area (Å²) in [4.78, 5) is 14.1. The molecule has 1 atom stereocenters. The maximum atomic E-state index is 12.1. The van der Waals surface area contributed by atoms with Gasteiger partial charge in [-0.25, -0.2) is 4.79 Å². The Morgan fingerprint density at radius 2 is 1.79 bits per heavy atom. The van der Waals surface area contributed by atoms with E-state index < -0.39 is 0 Å². The van der Waals surface area contributed by atoms with E-state index in [1.165, 1.54) is 0 Å². The molecule has 2 amide bonds. The summed E-state index contributed by atoms with van der Waals surface area (Å²) in [6.45, 7) is 2.49. The van der Waals surface area contributed by atoms with E-state index in [0.717, 1.165) is 58.3 Å². The monoisotopic (exact) mass is 268 g/mol. The van der Waals surface area contributed by atoms with Crippen molar-refractivity contribution in [3.8, 4) is 0 Å². The van der Waals surface area contributed by atoms with Gasteiger partial charge in [0.2, 0.25) is 0 Å². The number of hydrogen-bond donors (Lipinski definition) is 2. The molecule has 2 N–H and O–H groups in total. The van der Waals surface area contributed by atoms with Crippen LogP contribution < -0.4 is 5.32 Å². The van der Waals surface area contributed by atoms with Crippen molar-refractivity contribution in [1.82, 2.24) is 10.2 Å². The highest BCUT2D eigenvalue weighted by molar-refractivity contribution is 5.77. The molecule has 0 aromatic carbocycles. The Bertz CT molecular complexity index is 323. The van der Waals surface area contributed by atoms with Crippen LogP contribution in [-0.2, 0) is 4.74 Å². The second-order valence-corrected chi connectivity index (χ2v) is 6.12. The number of carbonyl (C=O) groups excluding carboxylic acids is 1. The number of nitrogens with one attached hydrogen (secondary N) is 1. The average Bonchev–Trinajstić information content (AvgIpc) is 2.83. The fraction of sp³-hybridized carbons (Fsp3) is 0.929. The number of aliphatic hydroxyl groups is 1. The van der Waals surface area contributed by atoms with Crippen LogP contribution in [0.5, 0.6) is 0 Å². The molecular weight excluding hydrogens is 244 g/mol. The van der Waals surface area contributed by atoms with E-state index in [-0.39, 0.29) is 12.1 Å². The number of ether oxygens (including phenoxy) is 1. The quantitative estimate of drug-likeness (QED) is 0.788. The molecule has 108 valence electrons. The SMILES string of the molecule is O=C1NC(C2CCOCC2)CN1C1CCC(O)CC1. The summed E-state index contributed by atoms with van der Waals surface area (Å²) >= 11 is 0. The van der Waals surface area contributed by atoms with Crippen LogP contribution in [0.3, 0.4) is 0 Å². The van der Waals surface area contributed by atoms with E-state index in [1.807, 2.05) is 4.90 Å². The molecule has 1 unspecified atom stereocenters. The number of aliphatic hydroxyl groups excluding tert-OH is 1. The van der Waals surface area contributed by atoms with Gasteiger partial charge >= 0.3 is 6.03 Å². The topological polar surface area (TPSA) is 61.8 Å². The summed E-state index contributed by atoms with van der Waals surface area (Å²) in [5.41, 5.74) is 0. The molecule has 0 spiro atoms. The summed E-state index contributed by atoms with van der Waals surface area (Å²) in [7, 11) is 0. The number of carbonyl (C=O) groups is 1. The Hall–Kier alpha value is -0.810. The minimum atomic E-state index is -0.159. The molecule has 2 heterocycles. The highest BCUT2D eigenvalue weighted by atomic mass is 16.5. The second-order valence-electron chi connectivity index (χ2n) is 6.12. The normalized spacial score (nSPS) is 37.4. The molecule has 19 heavy (non-hydrogen) atoms. The average molecular weight is 268 g/mol. The van der Waals surface area contributed by atoms with E-state index in [4.69, 9.17) is 4.74 Å². The van der Waals surface area contributed by atoms with E-state index in [1.54, 1.807) is 0 Å². The first-order valence-corrected chi connectivity index (χ1v) is 7.57. The zero-order valence-corrected chi connectivity index (χ0v) is 11.4. The van der Waals surface area contributed by atoms with Crippen molar-refractivity contribution >= 4 is 6.03 Å². The Balaban J connectivity index is 1.57. The first-order chi connectivity index (χ1) is 9.24. The molecule has 3 rings (SSSR count). The zero-order valence-electron chi connectivity index (χ0n) is 11.4. The Labute approximate surface area is 114 Å². The molecule has 0 radical (unpaired) electrons. The minimum Gasteiger partial charge on any atom is -0.393 e. The fourth-order valence-corrected chi connectivity index (χ4v) is 3.65. The van der Waals surface area contributed by atoms with Gasteiger partial charge in [-0.05, 0) is 44.4 Å². The smallest absolute Gasteiger partial charge is 0.318 e. The van der Waals surface area contributed by atoms with Gasteiger partial charge < -0.3 is 20.1 Å². The van der Waals surface area contributed by atoms with Gasteiger partial charge in [0.15, 0.2) is 0 Å². The summed E-state index contributed by atoms with van der Waals surface area (Å²) < 4.78 is 5.39.